The van der Waals surface area contributed by atoms with Crippen LogP contribution in [0.2, 0.25) is 0 Å². The molecule has 7 heteroatoms. The Bertz CT molecular complexity index is 538. The van der Waals surface area contributed by atoms with Crippen molar-refractivity contribution in [1.29, 1.82) is 0 Å². The minimum absolute atomic E-state index is 0.182. The number of sulfonamides is 1. The number of rotatable bonds is 9. The van der Waals surface area contributed by atoms with Gasteiger partial charge in [0.25, 0.3) is 0 Å². The summed E-state index contributed by atoms with van der Waals surface area (Å²) < 4.78 is 32.7. The normalized spacial score (nSPS) is 15.7. The van der Waals surface area contributed by atoms with Gasteiger partial charge in [-0.2, -0.15) is 0 Å². The number of halogens is 1. The van der Waals surface area contributed by atoms with Crippen LogP contribution in [0.25, 0.3) is 0 Å². The Morgan fingerprint density at radius 3 is 2.80 bits per heavy atom. The van der Waals surface area contributed by atoms with Crippen molar-refractivity contribution in [3.63, 3.8) is 0 Å². The van der Waals surface area contributed by atoms with Gasteiger partial charge >= 0.3 is 0 Å². The largest absolute Gasteiger partial charge is 0.452 e. The van der Waals surface area contributed by atoms with Crippen LogP contribution in [0.1, 0.15) is 38.4 Å². The van der Waals surface area contributed by atoms with E-state index in [-0.39, 0.29) is 9.56 Å². The van der Waals surface area contributed by atoms with Crippen LogP contribution in [0, 0.1) is 5.92 Å². The van der Waals surface area contributed by atoms with Gasteiger partial charge in [0.05, 0.1) is 6.54 Å². The van der Waals surface area contributed by atoms with Crippen molar-refractivity contribution in [3.8, 4) is 0 Å². The Labute approximate surface area is 128 Å². The maximum Gasteiger partial charge on any atom is 0.244 e. The van der Waals surface area contributed by atoms with Gasteiger partial charge < -0.3 is 9.73 Å². The zero-order valence-corrected chi connectivity index (χ0v) is 14.0. The highest BCUT2D eigenvalue weighted by atomic mass is 79.9. The van der Waals surface area contributed by atoms with Gasteiger partial charge in [0.15, 0.2) is 4.67 Å². The number of furan rings is 1. The molecule has 0 radical (unpaired) electrons. The smallest absolute Gasteiger partial charge is 0.244 e. The van der Waals surface area contributed by atoms with Crippen molar-refractivity contribution in [2.75, 3.05) is 13.1 Å². The molecule has 0 saturated heterocycles. The highest BCUT2D eigenvalue weighted by molar-refractivity contribution is 9.10. The number of hydrogen-bond acceptors (Lipinski definition) is 4. The lowest BCUT2D eigenvalue weighted by atomic mass is 10.3. The van der Waals surface area contributed by atoms with E-state index >= 15 is 0 Å². The molecule has 1 saturated carbocycles. The average Bonchev–Trinajstić information content (AvgIpc) is 3.12. The lowest BCUT2D eigenvalue weighted by Crippen LogP contribution is -2.25. The van der Waals surface area contributed by atoms with Crippen molar-refractivity contribution in [2.45, 2.75) is 44.0 Å². The highest BCUT2D eigenvalue weighted by Crippen LogP contribution is 2.32. The summed E-state index contributed by atoms with van der Waals surface area (Å²) in [7, 11) is -3.49. The van der Waals surface area contributed by atoms with Gasteiger partial charge in [-0.25, -0.2) is 13.1 Å². The molecule has 1 heterocycles. The predicted octanol–water partition coefficient (Wildman–Crippen LogP) is 2.62. The number of nitrogens with one attached hydrogen (secondary N) is 2. The van der Waals surface area contributed by atoms with E-state index in [1.807, 2.05) is 0 Å². The summed E-state index contributed by atoms with van der Waals surface area (Å²) in [4.78, 5) is 0.182. The molecule has 2 rings (SSSR count). The molecule has 0 spiro atoms. The Balaban J connectivity index is 1.94. The molecule has 114 valence electrons. The molecule has 5 nitrogen and oxygen atoms in total. The highest BCUT2D eigenvalue weighted by Gasteiger charge is 2.24. The maximum atomic E-state index is 12.2. The molecule has 1 aromatic heterocycles. The van der Waals surface area contributed by atoms with Crippen LogP contribution in [-0.4, -0.2) is 21.5 Å². The topological polar surface area (TPSA) is 71.3 Å². The Kier molecular flexibility index (Phi) is 5.65. The molecular weight excluding hydrogens is 344 g/mol. The van der Waals surface area contributed by atoms with E-state index in [0.29, 0.717) is 24.8 Å². The van der Waals surface area contributed by atoms with Crippen LogP contribution in [0.5, 0.6) is 0 Å². The molecule has 1 aliphatic rings. The van der Waals surface area contributed by atoms with Crippen LogP contribution in [0.3, 0.4) is 0 Å². The molecule has 1 fully saturated rings. The molecule has 0 aliphatic heterocycles. The van der Waals surface area contributed by atoms with E-state index in [4.69, 9.17) is 4.42 Å². The molecule has 0 atom stereocenters. The van der Waals surface area contributed by atoms with E-state index in [1.165, 1.54) is 12.8 Å². The fourth-order valence-corrected chi connectivity index (χ4v) is 3.98. The lowest BCUT2D eigenvalue weighted by molar-refractivity contribution is 0.461. The van der Waals surface area contributed by atoms with Gasteiger partial charge in [-0.15, -0.1) is 0 Å². The monoisotopic (exact) mass is 364 g/mol. The molecule has 1 aliphatic carbocycles. The van der Waals surface area contributed by atoms with Crippen LogP contribution in [0.4, 0.5) is 0 Å². The van der Waals surface area contributed by atoms with E-state index in [1.54, 1.807) is 6.07 Å². The quantitative estimate of drug-likeness (QED) is 0.660. The SMILES string of the molecule is CCCNCc1cc(S(=O)(=O)NCCC2CC2)c(Br)o1. The first-order valence-electron chi connectivity index (χ1n) is 7.01. The van der Waals surface area contributed by atoms with Crippen molar-refractivity contribution in [2.24, 2.45) is 5.92 Å². The van der Waals surface area contributed by atoms with Gasteiger partial charge in [-0.05, 0) is 41.2 Å². The van der Waals surface area contributed by atoms with E-state index in [0.717, 1.165) is 19.4 Å². The van der Waals surface area contributed by atoms with Crippen LogP contribution < -0.4 is 10.0 Å². The predicted molar refractivity (Wildman–Crippen MR) is 80.9 cm³/mol. The molecular formula is C13H21BrN2O3S. The first-order valence-corrected chi connectivity index (χ1v) is 9.29. The minimum Gasteiger partial charge on any atom is -0.452 e. The van der Waals surface area contributed by atoms with Gasteiger partial charge in [-0.3, -0.25) is 0 Å². The minimum atomic E-state index is -3.49. The first kappa shape index (κ1) is 16.0. The summed E-state index contributed by atoms with van der Waals surface area (Å²) in [5.74, 6) is 1.33. The van der Waals surface area contributed by atoms with Crippen LogP contribution in [-0.2, 0) is 16.6 Å². The van der Waals surface area contributed by atoms with Crippen molar-refractivity contribution < 1.29 is 12.8 Å². The fourth-order valence-electron chi connectivity index (χ4n) is 1.94. The Hall–Kier alpha value is -0.370. The van der Waals surface area contributed by atoms with Crippen molar-refractivity contribution >= 4 is 26.0 Å². The van der Waals surface area contributed by atoms with Crippen LogP contribution in [0.15, 0.2) is 20.0 Å². The second-order valence-electron chi connectivity index (χ2n) is 5.16. The average molecular weight is 365 g/mol. The Morgan fingerprint density at radius 2 is 2.15 bits per heavy atom. The third kappa shape index (κ3) is 4.58. The fraction of sp³-hybridized carbons (Fsp3) is 0.692. The molecule has 0 bridgehead atoms. The van der Waals surface area contributed by atoms with Crippen LogP contribution >= 0.6 is 15.9 Å². The van der Waals surface area contributed by atoms with Crippen molar-refractivity contribution in [3.05, 3.63) is 16.5 Å². The summed E-state index contributed by atoms with van der Waals surface area (Å²) in [6, 6.07) is 1.58. The molecule has 0 unspecified atom stereocenters. The standard InChI is InChI=1S/C13H21BrN2O3S/c1-2-6-15-9-11-8-12(13(14)19-11)20(17,18)16-7-5-10-3-4-10/h8,10,15-16H,2-7,9H2,1H3. The van der Waals surface area contributed by atoms with Gasteiger partial charge in [-0.1, -0.05) is 19.8 Å². The van der Waals surface area contributed by atoms with E-state index < -0.39 is 10.0 Å². The zero-order valence-electron chi connectivity index (χ0n) is 11.6. The molecule has 2 N–H and O–H groups in total. The van der Waals surface area contributed by atoms with E-state index in [9.17, 15) is 8.42 Å². The Morgan fingerprint density at radius 1 is 1.40 bits per heavy atom. The summed E-state index contributed by atoms with van der Waals surface area (Å²) in [6.45, 7) is 3.98. The van der Waals surface area contributed by atoms with E-state index in [2.05, 4.69) is 32.9 Å². The maximum absolute atomic E-state index is 12.2. The second-order valence-corrected chi connectivity index (χ2v) is 7.61. The molecule has 0 aromatic carbocycles. The lowest BCUT2D eigenvalue weighted by Gasteiger charge is -2.03. The van der Waals surface area contributed by atoms with Gasteiger partial charge in [0, 0.05) is 12.6 Å². The molecule has 0 amide bonds. The molecule has 1 aromatic rings. The van der Waals surface area contributed by atoms with Gasteiger partial charge in [0.1, 0.15) is 10.7 Å². The van der Waals surface area contributed by atoms with Gasteiger partial charge in [0.2, 0.25) is 10.0 Å². The second kappa shape index (κ2) is 7.06. The summed E-state index contributed by atoms with van der Waals surface area (Å²) in [5.41, 5.74) is 0. The summed E-state index contributed by atoms with van der Waals surface area (Å²) in [5, 5.41) is 3.18. The first-order chi connectivity index (χ1) is 9.53. The zero-order chi connectivity index (χ0) is 14.6. The number of hydrogen-bond donors (Lipinski definition) is 2. The summed E-state index contributed by atoms with van der Waals surface area (Å²) in [6.07, 6.45) is 4.39. The van der Waals surface area contributed by atoms with Crippen molar-refractivity contribution in [1.82, 2.24) is 10.0 Å². The summed E-state index contributed by atoms with van der Waals surface area (Å²) >= 11 is 3.18. The third-order valence-electron chi connectivity index (χ3n) is 3.26. The molecule has 20 heavy (non-hydrogen) atoms. The third-order valence-corrected chi connectivity index (χ3v) is 5.58.